The fourth-order valence-corrected chi connectivity index (χ4v) is 7.10. The minimum Gasteiger partial charge on any atom is -0.478 e. The number of carbonyl (C=O) groups is 1. The van der Waals surface area contributed by atoms with E-state index in [1.165, 1.54) is 16.7 Å². The predicted octanol–water partition coefficient (Wildman–Crippen LogP) is 9.93. The smallest absolute Gasteiger partial charge is 0.335 e. The standard InChI is InChI=1S/C36H35ClN2O2S/c1-35(2)16-17-36(3,4)29-20-32-27(19-28(29)35)33(23-8-10-24(11-9-23)34(40)41)38-30-18-26(14-15-31(30)39(32)5)42-21-22-6-12-25(37)13-7-22/h6-15,18-20H,16-17,21H2,1-5H3,(H,40,41). The summed E-state index contributed by atoms with van der Waals surface area (Å²) < 4.78 is 0. The minimum absolute atomic E-state index is 0.0430. The number of aromatic carboxylic acids is 1. The van der Waals surface area contributed by atoms with Crippen LogP contribution in [0.15, 0.2) is 88.8 Å². The molecule has 0 spiro atoms. The van der Waals surface area contributed by atoms with Crippen molar-refractivity contribution in [3.05, 3.63) is 117 Å². The molecule has 0 saturated carbocycles. The van der Waals surface area contributed by atoms with E-state index in [1.807, 2.05) is 24.3 Å². The molecule has 1 aliphatic heterocycles. The van der Waals surface area contributed by atoms with Crippen molar-refractivity contribution < 1.29 is 9.90 Å². The van der Waals surface area contributed by atoms with Crippen molar-refractivity contribution in [2.45, 2.75) is 62.0 Å². The highest BCUT2D eigenvalue weighted by atomic mass is 35.5. The Morgan fingerprint density at radius 1 is 0.881 bits per heavy atom. The second-order valence-electron chi connectivity index (χ2n) is 12.7. The normalized spacial score (nSPS) is 16.5. The second kappa shape index (κ2) is 10.6. The van der Waals surface area contributed by atoms with Crippen molar-refractivity contribution in [3.8, 4) is 0 Å². The fourth-order valence-electron chi connectivity index (χ4n) is 6.08. The van der Waals surface area contributed by atoms with E-state index in [1.54, 1.807) is 23.9 Å². The molecular weight excluding hydrogens is 560 g/mol. The number of carboxylic acid groups (broad SMARTS) is 1. The second-order valence-corrected chi connectivity index (χ2v) is 14.1. The first-order chi connectivity index (χ1) is 19.9. The zero-order valence-electron chi connectivity index (χ0n) is 24.7. The van der Waals surface area contributed by atoms with Crippen molar-refractivity contribution in [3.63, 3.8) is 0 Å². The third kappa shape index (κ3) is 5.25. The van der Waals surface area contributed by atoms with Crippen LogP contribution in [0, 0.1) is 0 Å². The number of hydrogen-bond donors (Lipinski definition) is 1. The van der Waals surface area contributed by atoms with Crippen LogP contribution in [0.5, 0.6) is 0 Å². The number of hydrogen-bond acceptors (Lipinski definition) is 4. The van der Waals surface area contributed by atoms with Crippen LogP contribution in [0.1, 0.15) is 78.7 Å². The van der Waals surface area contributed by atoms with Gasteiger partial charge in [-0.15, -0.1) is 11.8 Å². The first-order valence-corrected chi connectivity index (χ1v) is 15.7. The van der Waals surface area contributed by atoms with E-state index in [2.05, 4.69) is 82.1 Å². The minimum atomic E-state index is -0.935. The average molecular weight is 595 g/mol. The molecule has 4 aromatic rings. The van der Waals surface area contributed by atoms with Crippen molar-refractivity contribution >= 4 is 52.1 Å². The van der Waals surface area contributed by atoms with E-state index < -0.39 is 5.97 Å². The Bertz CT molecular complexity index is 1720. The third-order valence-corrected chi connectivity index (χ3v) is 10.2. The molecule has 4 aromatic carbocycles. The molecule has 2 aliphatic rings. The molecule has 6 heteroatoms. The van der Waals surface area contributed by atoms with Gasteiger partial charge in [0.25, 0.3) is 0 Å². The van der Waals surface area contributed by atoms with Crippen LogP contribution >= 0.6 is 23.4 Å². The SMILES string of the molecule is CN1c2ccc(SCc3ccc(Cl)cc3)cc2N=C(c2ccc(C(=O)O)cc2)c2cc3c(cc21)C(C)(C)CCC3(C)C. The Morgan fingerprint density at radius 3 is 2.17 bits per heavy atom. The molecule has 0 radical (unpaired) electrons. The van der Waals surface area contributed by atoms with Gasteiger partial charge in [-0.2, -0.15) is 0 Å². The van der Waals surface area contributed by atoms with E-state index in [0.29, 0.717) is 0 Å². The summed E-state index contributed by atoms with van der Waals surface area (Å²) >= 11 is 7.85. The Labute approximate surface area is 257 Å². The predicted molar refractivity (Wildman–Crippen MR) is 176 cm³/mol. The molecule has 0 amide bonds. The molecule has 1 N–H and O–H groups in total. The Morgan fingerprint density at radius 2 is 1.52 bits per heavy atom. The summed E-state index contributed by atoms with van der Waals surface area (Å²) in [4.78, 5) is 20.3. The van der Waals surface area contributed by atoms with Crippen LogP contribution in [0.25, 0.3) is 0 Å². The molecule has 0 bridgehead atoms. The first-order valence-electron chi connectivity index (χ1n) is 14.3. The Kier molecular flexibility index (Phi) is 7.23. The number of fused-ring (bicyclic) bond motifs is 3. The largest absolute Gasteiger partial charge is 0.478 e. The number of anilines is 2. The topological polar surface area (TPSA) is 52.9 Å². The van der Waals surface area contributed by atoms with Crippen molar-refractivity contribution in [2.24, 2.45) is 4.99 Å². The fraction of sp³-hybridized carbons (Fsp3) is 0.278. The van der Waals surface area contributed by atoms with Gasteiger partial charge in [-0.3, -0.25) is 0 Å². The molecule has 0 atom stereocenters. The number of benzene rings is 4. The van der Waals surface area contributed by atoms with Crippen LogP contribution in [0.3, 0.4) is 0 Å². The number of aliphatic imine (C=N–C) groups is 1. The van der Waals surface area contributed by atoms with Crippen molar-refractivity contribution in [1.82, 2.24) is 0 Å². The molecular formula is C36H35ClN2O2S. The molecule has 1 heterocycles. The molecule has 42 heavy (non-hydrogen) atoms. The molecule has 4 nitrogen and oxygen atoms in total. The van der Waals surface area contributed by atoms with Crippen LogP contribution < -0.4 is 4.90 Å². The lowest BCUT2D eigenvalue weighted by Gasteiger charge is -2.43. The van der Waals surface area contributed by atoms with E-state index >= 15 is 0 Å². The maximum atomic E-state index is 11.6. The number of halogens is 1. The molecule has 0 fully saturated rings. The molecule has 0 unspecified atom stereocenters. The van der Waals surface area contributed by atoms with Gasteiger partial charge in [-0.1, -0.05) is 63.6 Å². The lowest BCUT2D eigenvalue weighted by Crippen LogP contribution is -2.34. The van der Waals surface area contributed by atoms with Crippen LogP contribution in [0.2, 0.25) is 5.02 Å². The highest BCUT2D eigenvalue weighted by Gasteiger charge is 2.39. The molecule has 0 aromatic heterocycles. The quantitative estimate of drug-likeness (QED) is 0.234. The zero-order chi connectivity index (χ0) is 29.8. The van der Waals surface area contributed by atoms with Crippen LogP contribution in [0.4, 0.5) is 17.1 Å². The summed E-state index contributed by atoms with van der Waals surface area (Å²) in [6.07, 6.45) is 2.26. The van der Waals surface area contributed by atoms with E-state index in [0.717, 1.165) is 62.4 Å². The number of thioether (sulfide) groups is 1. The summed E-state index contributed by atoms with van der Waals surface area (Å²) in [7, 11) is 2.12. The van der Waals surface area contributed by atoms with Gasteiger partial charge in [-0.25, -0.2) is 9.79 Å². The Balaban J connectivity index is 1.51. The molecule has 0 saturated heterocycles. The van der Waals surface area contributed by atoms with Gasteiger partial charge in [0, 0.05) is 33.8 Å². The number of rotatable bonds is 5. The summed E-state index contributed by atoms with van der Waals surface area (Å²) in [6.45, 7) is 9.38. The van der Waals surface area contributed by atoms with Gasteiger partial charge in [0.15, 0.2) is 0 Å². The zero-order valence-corrected chi connectivity index (χ0v) is 26.2. The monoisotopic (exact) mass is 594 g/mol. The van der Waals surface area contributed by atoms with E-state index in [4.69, 9.17) is 16.6 Å². The van der Waals surface area contributed by atoms with Gasteiger partial charge < -0.3 is 10.0 Å². The highest BCUT2D eigenvalue weighted by molar-refractivity contribution is 7.98. The highest BCUT2D eigenvalue weighted by Crippen LogP contribution is 2.50. The summed E-state index contributed by atoms with van der Waals surface area (Å²) in [6, 6.07) is 26.3. The Hall–Kier alpha value is -3.54. The first kappa shape index (κ1) is 28.6. The lowest BCUT2D eigenvalue weighted by atomic mass is 9.62. The van der Waals surface area contributed by atoms with Crippen LogP contribution in [-0.2, 0) is 16.6 Å². The average Bonchev–Trinajstić information content (AvgIpc) is 3.08. The van der Waals surface area contributed by atoms with Crippen LogP contribution in [-0.4, -0.2) is 23.8 Å². The molecule has 6 rings (SSSR count). The van der Waals surface area contributed by atoms with Gasteiger partial charge in [0.05, 0.1) is 28.3 Å². The van der Waals surface area contributed by atoms with E-state index in [9.17, 15) is 9.90 Å². The van der Waals surface area contributed by atoms with Gasteiger partial charge in [-0.05, 0) is 95.0 Å². The number of carboxylic acids is 1. The van der Waals surface area contributed by atoms with Crippen molar-refractivity contribution in [2.75, 3.05) is 11.9 Å². The van der Waals surface area contributed by atoms with Gasteiger partial charge in [0.2, 0.25) is 0 Å². The lowest BCUT2D eigenvalue weighted by molar-refractivity contribution is 0.0697. The third-order valence-electron chi connectivity index (χ3n) is 8.85. The van der Waals surface area contributed by atoms with Gasteiger partial charge >= 0.3 is 5.97 Å². The summed E-state index contributed by atoms with van der Waals surface area (Å²) in [5.74, 6) is -0.105. The number of nitrogens with zero attached hydrogens (tertiary/aromatic N) is 2. The summed E-state index contributed by atoms with van der Waals surface area (Å²) in [5, 5.41) is 10.3. The maximum Gasteiger partial charge on any atom is 0.335 e. The maximum absolute atomic E-state index is 11.6. The van der Waals surface area contributed by atoms with Crippen molar-refractivity contribution in [1.29, 1.82) is 0 Å². The summed E-state index contributed by atoms with van der Waals surface area (Å²) in [5.41, 5.74) is 10.2. The molecule has 1 aliphatic carbocycles. The van der Waals surface area contributed by atoms with E-state index in [-0.39, 0.29) is 16.4 Å². The van der Waals surface area contributed by atoms with Gasteiger partial charge in [0.1, 0.15) is 0 Å². The molecule has 214 valence electrons.